The van der Waals surface area contributed by atoms with Crippen LogP contribution in [0.4, 0.5) is 0 Å². The Morgan fingerprint density at radius 1 is 1.29 bits per heavy atom. The van der Waals surface area contributed by atoms with Crippen molar-refractivity contribution in [1.29, 1.82) is 0 Å². The molecule has 1 heterocycles. The van der Waals surface area contributed by atoms with Crippen LogP contribution >= 0.6 is 0 Å². The molecule has 1 aromatic rings. The Labute approximate surface area is 100 Å². The summed E-state index contributed by atoms with van der Waals surface area (Å²) in [5.74, 6) is 5.46. The molecule has 0 saturated heterocycles. The van der Waals surface area contributed by atoms with Gasteiger partial charge in [0.1, 0.15) is 5.56 Å². The number of nitrogens with zero attached hydrogens (tertiary/aromatic N) is 3. The van der Waals surface area contributed by atoms with Gasteiger partial charge in [0, 0.05) is 12.7 Å². The lowest BCUT2D eigenvalue weighted by molar-refractivity contribution is 0.308. The van der Waals surface area contributed by atoms with Crippen molar-refractivity contribution in [3.63, 3.8) is 0 Å². The van der Waals surface area contributed by atoms with Crippen LogP contribution in [0.3, 0.4) is 0 Å². The summed E-state index contributed by atoms with van der Waals surface area (Å²) in [7, 11) is 5.25. The summed E-state index contributed by atoms with van der Waals surface area (Å²) in [6.45, 7) is 3.65. The maximum atomic E-state index is 12.1. The number of aromatic nitrogens is 2. The van der Waals surface area contributed by atoms with Crippen LogP contribution in [0.5, 0.6) is 0 Å². The second kappa shape index (κ2) is 5.02. The van der Waals surface area contributed by atoms with Crippen LogP contribution < -0.4 is 11.2 Å². The van der Waals surface area contributed by atoms with Gasteiger partial charge in [0.2, 0.25) is 0 Å². The Bertz CT molecular complexity index is 597. The molecule has 1 aromatic heterocycles. The summed E-state index contributed by atoms with van der Waals surface area (Å²) in [5, 5.41) is 0. The molecular formula is C12H17N3O2. The topological polar surface area (TPSA) is 47.2 Å². The van der Waals surface area contributed by atoms with Crippen molar-refractivity contribution in [2.45, 2.75) is 20.5 Å². The first kappa shape index (κ1) is 13.3. The van der Waals surface area contributed by atoms with Crippen LogP contribution in [0.15, 0.2) is 9.59 Å². The quantitative estimate of drug-likeness (QED) is 0.664. The molecule has 17 heavy (non-hydrogen) atoms. The van der Waals surface area contributed by atoms with Crippen LogP contribution in [0, 0.1) is 18.8 Å². The molecule has 0 amide bonds. The molecule has 92 valence electrons. The first-order valence-corrected chi connectivity index (χ1v) is 5.28. The van der Waals surface area contributed by atoms with Gasteiger partial charge in [-0.05, 0) is 27.9 Å². The predicted octanol–water partition coefficient (Wildman–Crippen LogP) is -0.254. The number of rotatable bonds is 2. The molecule has 0 aliphatic rings. The van der Waals surface area contributed by atoms with Crippen molar-refractivity contribution in [3.05, 3.63) is 32.1 Å². The van der Waals surface area contributed by atoms with Crippen molar-refractivity contribution in [2.24, 2.45) is 7.05 Å². The fraction of sp³-hybridized carbons (Fsp3) is 0.500. The molecule has 0 N–H and O–H groups in total. The molecule has 0 bridgehead atoms. The average molecular weight is 235 g/mol. The molecule has 0 fully saturated rings. The Morgan fingerprint density at radius 3 is 2.35 bits per heavy atom. The van der Waals surface area contributed by atoms with E-state index in [1.165, 1.54) is 9.13 Å². The molecule has 5 heteroatoms. The SMILES string of the molecule is CC#Cc1c(C)n(C)c(=O)n(CN(C)C)c1=O. The normalized spacial score (nSPS) is 10.2. The monoisotopic (exact) mass is 235 g/mol. The van der Waals surface area contributed by atoms with Gasteiger partial charge in [-0.2, -0.15) is 0 Å². The summed E-state index contributed by atoms with van der Waals surface area (Å²) in [4.78, 5) is 25.8. The molecule has 0 saturated carbocycles. The van der Waals surface area contributed by atoms with Gasteiger partial charge in [0.15, 0.2) is 0 Å². The number of hydrogen-bond acceptors (Lipinski definition) is 3. The van der Waals surface area contributed by atoms with Gasteiger partial charge >= 0.3 is 5.69 Å². The first-order valence-electron chi connectivity index (χ1n) is 5.28. The standard InChI is InChI=1S/C12H17N3O2/c1-6-7-10-9(2)14(5)12(17)15(11(10)16)8-13(3)4/h8H2,1-5H3. The van der Waals surface area contributed by atoms with Gasteiger partial charge in [-0.3, -0.25) is 14.3 Å². The molecule has 5 nitrogen and oxygen atoms in total. The van der Waals surface area contributed by atoms with Gasteiger partial charge in [-0.1, -0.05) is 5.92 Å². The maximum absolute atomic E-state index is 12.1. The fourth-order valence-electron chi connectivity index (χ4n) is 1.55. The lowest BCUT2D eigenvalue weighted by atomic mass is 10.2. The lowest BCUT2D eigenvalue weighted by Gasteiger charge is -2.15. The second-order valence-electron chi connectivity index (χ2n) is 4.13. The lowest BCUT2D eigenvalue weighted by Crippen LogP contribution is -2.44. The smallest absolute Gasteiger partial charge is 0.300 e. The molecule has 0 radical (unpaired) electrons. The van der Waals surface area contributed by atoms with Crippen molar-refractivity contribution in [2.75, 3.05) is 14.1 Å². The fourth-order valence-corrected chi connectivity index (χ4v) is 1.55. The maximum Gasteiger partial charge on any atom is 0.332 e. The molecule has 0 atom stereocenters. The van der Waals surface area contributed by atoms with Crippen molar-refractivity contribution >= 4 is 0 Å². The third kappa shape index (κ3) is 2.48. The van der Waals surface area contributed by atoms with Crippen LogP contribution in [0.1, 0.15) is 18.2 Å². The Balaban J connectivity index is 3.66. The highest BCUT2D eigenvalue weighted by atomic mass is 16.2. The highest BCUT2D eigenvalue weighted by Crippen LogP contribution is 1.96. The van der Waals surface area contributed by atoms with Gasteiger partial charge in [0.25, 0.3) is 5.56 Å². The van der Waals surface area contributed by atoms with E-state index in [1.54, 1.807) is 39.9 Å². The summed E-state index contributed by atoms with van der Waals surface area (Å²) in [6, 6.07) is 0. The largest absolute Gasteiger partial charge is 0.332 e. The zero-order valence-electron chi connectivity index (χ0n) is 10.9. The first-order chi connectivity index (χ1) is 7.90. The summed E-state index contributed by atoms with van der Waals surface area (Å²) in [6.07, 6.45) is 0. The van der Waals surface area contributed by atoms with Crippen LogP contribution in [-0.2, 0) is 13.7 Å². The summed E-state index contributed by atoms with van der Waals surface area (Å²) >= 11 is 0. The van der Waals surface area contributed by atoms with E-state index >= 15 is 0 Å². The summed E-state index contributed by atoms with van der Waals surface area (Å²) < 4.78 is 2.64. The van der Waals surface area contributed by atoms with Crippen LogP contribution in [0.25, 0.3) is 0 Å². The zero-order valence-corrected chi connectivity index (χ0v) is 10.9. The molecule has 0 aromatic carbocycles. The van der Waals surface area contributed by atoms with E-state index in [-0.39, 0.29) is 17.9 Å². The Morgan fingerprint density at radius 2 is 1.88 bits per heavy atom. The van der Waals surface area contributed by atoms with Gasteiger partial charge < -0.3 is 0 Å². The third-order valence-corrected chi connectivity index (χ3v) is 2.52. The van der Waals surface area contributed by atoms with E-state index in [0.717, 1.165) is 0 Å². The van der Waals surface area contributed by atoms with Gasteiger partial charge in [-0.25, -0.2) is 9.36 Å². The molecule has 0 aliphatic carbocycles. The van der Waals surface area contributed by atoms with Crippen molar-refractivity contribution in [3.8, 4) is 11.8 Å². The van der Waals surface area contributed by atoms with E-state index in [1.807, 2.05) is 0 Å². The summed E-state index contributed by atoms with van der Waals surface area (Å²) in [5.41, 5.74) is 0.345. The third-order valence-electron chi connectivity index (χ3n) is 2.52. The number of hydrogen-bond donors (Lipinski definition) is 0. The minimum atomic E-state index is -0.325. The molecule has 0 aliphatic heterocycles. The Hall–Kier alpha value is -1.80. The second-order valence-corrected chi connectivity index (χ2v) is 4.13. The predicted molar refractivity (Wildman–Crippen MR) is 66.9 cm³/mol. The molecule has 0 spiro atoms. The van der Waals surface area contributed by atoms with Gasteiger partial charge in [-0.15, -0.1) is 5.92 Å². The highest BCUT2D eigenvalue weighted by Gasteiger charge is 2.12. The van der Waals surface area contributed by atoms with E-state index < -0.39 is 0 Å². The Kier molecular flexibility index (Phi) is 3.92. The van der Waals surface area contributed by atoms with E-state index in [4.69, 9.17) is 0 Å². The minimum Gasteiger partial charge on any atom is -0.300 e. The van der Waals surface area contributed by atoms with Gasteiger partial charge in [0.05, 0.1) is 6.67 Å². The zero-order chi connectivity index (χ0) is 13.2. The minimum absolute atomic E-state index is 0.254. The molecule has 0 unspecified atom stereocenters. The molecular weight excluding hydrogens is 218 g/mol. The van der Waals surface area contributed by atoms with Crippen molar-refractivity contribution < 1.29 is 0 Å². The average Bonchev–Trinajstić information content (AvgIpc) is 2.27. The van der Waals surface area contributed by atoms with E-state index in [9.17, 15) is 9.59 Å². The van der Waals surface area contributed by atoms with E-state index in [0.29, 0.717) is 11.3 Å². The van der Waals surface area contributed by atoms with E-state index in [2.05, 4.69) is 11.8 Å². The highest BCUT2D eigenvalue weighted by molar-refractivity contribution is 5.35. The van der Waals surface area contributed by atoms with Crippen molar-refractivity contribution in [1.82, 2.24) is 14.0 Å². The molecule has 1 rings (SSSR count). The van der Waals surface area contributed by atoms with Crippen LogP contribution in [-0.4, -0.2) is 28.1 Å². The van der Waals surface area contributed by atoms with Crippen LogP contribution in [0.2, 0.25) is 0 Å².